The van der Waals surface area contributed by atoms with E-state index in [9.17, 15) is 0 Å². The van der Waals surface area contributed by atoms with Gasteiger partial charge in [0.15, 0.2) is 5.96 Å². The van der Waals surface area contributed by atoms with E-state index in [-0.39, 0.29) is 0 Å². The van der Waals surface area contributed by atoms with Gasteiger partial charge >= 0.3 is 0 Å². The van der Waals surface area contributed by atoms with E-state index in [0.717, 1.165) is 12.6 Å². The second kappa shape index (κ2) is 6.83. The first-order valence-electron chi connectivity index (χ1n) is 10.1. The third kappa shape index (κ3) is 2.74. The lowest BCUT2D eigenvalue weighted by Gasteiger charge is -2.63. The minimum Gasteiger partial charge on any atom is -0.377 e. The van der Waals surface area contributed by atoms with Gasteiger partial charge < -0.3 is 20.3 Å². The molecule has 2 saturated heterocycles. The van der Waals surface area contributed by atoms with Gasteiger partial charge in [0.2, 0.25) is 0 Å². The Morgan fingerprint density at radius 3 is 2.62 bits per heavy atom. The molecule has 0 amide bonds. The van der Waals surface area contributed by atoms with E-state index in [1.165, 1.54) is 64.6 Å². The van der Waals surface area contributed by atoms with Crippen molar-refractivity contribution in [2.75, 3.05) is 33.3 Å². The fourth-order valence-corrected chi connectivity index (χ4v) is 5.58. The van der Waals surface area contributed by atoms with Crippen molar-refractivity contribution in [2.45, 2.75) is 70.1 Å². The van der Waals surface area contributed by atoms with E-state index in [0.29, 0.717) is 29.5 Å². The molecule has 0 aromatic heterocycles. The molecule has 5 heteroatoms. The fraction of sp³-hybridized carbons (Fsp3) is 0.947. The summed E-state index contributed by atoms with van der Waals surface area (Å²) in [6, 6.07) is 1.14. The van der Waals surface area contributed by atoms with Crippen molar-refractivity contribution in [3.63, 3.8) is 0 Å². The molecule has 4 aliphatic rings. The van der Waals surface area contributed by atoms with Gasteiger partial charge in [-0.3, -0.25) is 4.99 Å². The summed E-state index contributed by atoms with van der Waals surface area (Å²) < 4.78 is 6.03. The summed E-state index contributed by atoms with van der Waals surface area (Å²) in [4.78, 5) is 7.12. The van der Waals surface area contributed by atoms with Crippen molar-refractivity contribution < 1.29 is 4.74 Å². The number of guanidine groups is 1. The quantitative estimate of drug-likeness (QED) is 0.610. The molecule has 0 aromatic carbocycles. The molecular weight excluding hydrogens is 300 g/mol. The van der Waals surface area contributed by atoms with Crippen LogP contribution in [0.1, 0.15) is 51.9 Å². The Bertz CT molecular complexity index is 468. The third-order valence-corrected chi connectivity index (χ3v) is 7.02. The molecule has 3 atom stereocenters. The molecule has 2 N–H and O–H groups in total. The maximum absolute atomic E-state index is 6.03. The number of hydrogen-bond acceptors (Lipinski definition) is 3. The van der Waals surface area contributed by atoms with Crippen molar-refractivity contribution in [1.29, 1.82) is 0 Å². The molecule has 0 bridgehead atoms. The zero-order valence-electron chi connectivity index (χ0n) is 15.4. The van der Waals surface area contributed by atoms with Crippen molar-refractivity contribution in [2.24, 2.45) is 16.3 Å². The summed E-state index contributed by atoms with van der Waals surface area (Å²) in [7, 11) is 1.91. The van der Waals surface area contributed by atoms with Crippen molar-refractivity contribution >= 4 is 5.96 Å². The summed E-state index contributed by atoms with van der Waals surface area (Å²) >= 11 is 0. The van der Waals surface area contributed by atoms with E-state index in [1.54, 1.807) is 0 Å². The molecule has 5 nitrogen and oxygen atoms in total. The van der Waals surface area contributed by atoms with Crippen LogP contribution in [0.3, 0.4) is 0 Å². The summed E-state index contributed by atoms with van der Waals surface area (Å²) in [6.07, 6.45) is 9.49. The molecule has 24 heavy (non-hydrogen) atoms. The normalized spacial score (nSPS) is 36.1. The molecule has 136 valence electrons. The van der Waals surface area contributed by atoms with Crippen LogP contribution < -0.4 is 10.6 Å². The SMILES string of the molecule is CCCN1CCC(NC(=NC)NC2C3CCOC3C23CCC3)CC1. The lowest BCUT2D eigenvalue weighted by molar-refractivity contribution is -0.171. The van der Waals surface area contributed by atoms with Crippen LogP contribution in [0.15, 0.2) is 4.99 Å². The topological polar surface area (TPSA) is 48.9 Å². The lowest BCUT2D eigenvalue weighted by Crippen LogP contribution is -2.72. The van der Waals surface area contributed by atoms with Crippen LogP contribution in [0.25, 0.3) is 0 Å². The van der Waals surface area contributed by atoms with Crippen LogP contribution in [0.5, 0.6) is 0 Å². The van der Waals surface area contributed by atoms with E-state index in [1.807, 2.05) is 7.05 Å². The molecular formula is C19H34N4O. The molecule has 0 aromatic rings. The van der Waals surface area contributed by atoms with Gasteiger partial charge in [-0.15, -0.1) is 0 Å². The van der Waals surface area contributed by atoms with E-state index < -0.39 is 0 Å². The van der Waals surface area contributed by atoms with E-state index in [4.69, 9.17) is 4.74 Å². The second-order valence-corrected chi connectivity index (χ2v) is 8.29. The number of nitrogens with zero attached hydrogens (tertiary/aromatic N) is 2. The average molecular weight is 335 g/mol. The third-order valence-electron chi connectivity index (χ3n) is 7.02. The maximum Gasteiger partial charge on any atom is 0.191 e. The Kier molecular flexibility index (Phi) is 4.74. The van der Waals surface area contributed by atoms with Crippen LogP contribution in [-0.2, 0) is 4.74 Å². The molecule has 1 spiro atoms. The number of ether oxygens (including phenoxy) is 1. The molecule has 4 rings (SSSR count). The summed E-state index contributed by atoms with van der Waals surface area (Å²) in [5.74, 6) is 1.72. The second-order valence-electron chi connectivity index (χ2n) is 8.29. The summed E-state index contributed by atoms with van der Waals surface area (Å²) in [6.45, 7) is 6.90. The molecule has 2 aliphatic carbocycles. The minimum atomic E-state index is 0.420. The molecule has 0 radical (unpaired) electrons. The Morgan fingerprint density at radius 2 is 2.00 bits per heavy atom. The van der Waals surface area contributed by atoms with Crippen molar-refractivity contribution in [3.8, 4) is 0 Å². The van der Waals surface area contributed by atoms with Gasteiger partial charge in [0.05, 0.1) is 6.10 Å². The van der Waals surface area contributed by atoms with Crippen LogP contribution in [0, 0.1) is 11.3 Å². The van der Waals surface area contributed by atoms with Gasteiger partial charge in [-0.25, -0.2) is 0 Å². The smallest absolute Gasteiger partial charge is 0.191 e. The van der Waals surface area contributed by atoms with E-state index >= 15 is 0 Å². The fourth-order valence-electron chi connectivity index (χ4n) is 5.58. The van der Waals surface area contributed by atoms with Gasteiger partial charge in [0.25, 0.3) is 0 Å². The molecule has 3 unspecified atom stereocenters. The minimum absolute atomic E-state index is 0.420. The Hall–Kier alpha value is -0.810. The highest BCUT2D eigenvalue weighted by molar-refractivity contribution is 5.80. The molecule has 2 heterocycles. The number of hydrogen-bond donors (Lipinski definition) is 2. The maximum atomic E-state index is 6.03. The van der Waals surface area contributed by atoms with Gasteiger partial charge in [-0.2, -0.15) is 0 Å². The first kappa shape index (κ1) is 16.6. The summed E-state index contributed by atoms with van der Waals surface area (Å²) in [5, 5.41) is 7.50. The van der Waals surface area contributed by atoms with Crippen LogP contribution in [-0.4, -0.2) is 62.3 Å². The van der Waals surface area contributed by atoms with Crippen molar-refractivity contribution in [3.05, 3.63) is 0 Å². The lowest BCUT2D eigenvalue weighted by atomic mass is 9.46. The molecule has 2 saturated carbocycles. The first-order chi connectivity index (χ1) is 11.8. The van der Waals surface area contributed by atoms with Gasteiger partial charge in [0, 0.05) is 50.2 Å². The first-order valence-corrected chi connectivity index (χ1v) is 10.1. The van der Waals surface area contributed by atoms with E-state index in [2.05, 4.69) is 27.4 Å². The Balaban J connectivity index is 1.31. The van der Waals surface area contributed by atoms with Crippen LogP contribution >= 0.6 is 0 Å². The average Bonchev–Trinajstić information content (AvgIpc) is 2.97. The van der Waals surface area contributed by atoms with Crippen LogP contribution in [0.2, 0.25) is 0 Å². The number of piperidine rings is 1. The highest BCUT2D eigenvalue weighted by Crippen LogP contribution is 2.62. The monoisotopic (exact) mass is 334 g/mol. The predicted molar refractivity (Wildman–Crippen MR) is 97.3 cm³/mol. The van der Waals surface area contributed by atoms with Crippen molar-refractivity contribution in [1.82, 2.24) is 15.5 Å². The molecule has 4 fully saturated rings. The number of rotatable bonds is 4. The Morgan fingerprint density at radius 1 is 1.21 bits per heavy atom. The highest BCUT2D eigenvalue weighted by Gasteiger charge is 2.66. The number of nitrogens with one attached hydrogen (secondary N) is 2. The zero-order valence-corrected chi connectivity index (χ0v) is 15.4. The van der Waals surface area contributed by atoms with Gasteiger partial charge in [0.1, 0.15) is 0 Å². The number of fused-ring (bicyclic) bond motifs is 2. The molecule has 2 aliphatic heterocycles. The van der Waals surface area contributed by atoms with Gasteiger partial charge in [-0.05, 0) is 45.1 Å². The van der Waals surface area contributed by atoms with Gasteiger partial charge in [-0.1, -0.05) is 13.3 Å². The largest absolute Gasteiger partial charge is 0.377 e. The predicted octanol–water partition coefficient (Wildman–Crippen LogP) is 1.98. The Labute approximate surface area is 146 Å². The standard InChI is InChI=1S/C19H34N4O/c1-3-10-23-11-5-14(6-12-23)21-18(20-2)22-16-15-7-13-24-17(15)19(16)8-4-9-19/h14-17H,3-13H2,1-2H3,(H2,20,21,22). The highest BCUT2D eigenvalue weighted by atomic mass is 16.5. The summed E-state index contributed by atoms with van der Waals surface area (Å²) in [5.41, 5.74) is 0.420. The number of likely N-dealkylation sites (tertiary alicyclic amines) is 1. The number of aliphatic imine (C=N–C) groups is 1. The van der Waals surface area contributed by atoms with Crippen LogP contribution in [0.4, 0.5) is 0 Å². The zero-order chi connectivity index (χ0) is 16.6.